The van der Waals surface area contributed by atoms with Gasteiger partial charge in [0.05, 0.1) is 45.1 Å². The molecule has 2 heterocycles. The molecule has 0 fully saturated rings. The van der Waals surface area contributed by atoms with Gasteiger partial charge >= 0.3 is 0 Å². The molecule has 1 amide bonds. The van der Waals surface area contributed by atoms with Gasteiger partial charge in [0.1, 0.15) is 5.82 Å². The van der Waals surface area contributed by atoms with Crippen LogP contribution in [0.4, 0.5) is 10.1 Å². The van der Waals surface area contributed by atoms with Crippen molar-refractivity contribution in [3.05, 3.63) is 57.9 Å². The van der Waals surface area contributed by atoms with E-state index >= 15 is 4.39 Å². The van der Waals surface area contributed by atoms with Crippen molar-refractivity contribution < 1.29 is 13.4 Å². The van der Waals surface area contributed by atoms with Gasteiger partial charge in [0.2, 0.25) is 5.91 Å². The molecule has 0 saturated heterocycles. The molecule has 6 nitrogen and oxygen atoms in total. The third-order valence-electron chi connectivity index (χ3n) is 6.57. The van der Waals surface area contributed by atoms with Gasteiger partial charge in [-0.05, 0) is 72.5 Å². The Labute approximate surface area is 212 Å². The van der Waals surface area contributed by atoms with Crippen molar-refractivity contribution in [2.75, 3.05) is 18.1 Å². The van der Waals surface area contributed by atoms with Gasteiger partial charge in [0, 0.05) is 11.6 Å². The van der Waals surface area contributed by atoms with Crippen LogP contribution < -0.4 is 10.3 Å². The van der Waals surface area contributed by atoms with E-state index in [4.69, 9.17) is 11.6 Å². The molecule has 2 aromatic carbocycles. The maximum absolute atomic E-state index is 15.0. The lowest BCUT2D eigenvalue weighted by molar-refractivity contribution is -0.119. The minimum Gasteiger partial charge on any atom is -0.356 e. The maximum Gasteiger partial charge on any atom is 0.245 e. The Balaban J connectivity index is 1.86. The van der Waals surface area contributed by atoms with Crippen LogP contribution in [0.25, 0.3) is 0 Å². The number of fused-ring (bicyclic) bond motifs is 1. The number of carbonyl (C=O) groups excluding carboxylic acids is 1. The summed E-state index contributed by atoms with van der Waals surface area (Å²) in [5, 5.41) is 4.82. The van der Waals surface area contributed by atoms with Gasteiger partial charge in [0.15, 0.2) is 0 Å². The van der Waals surface area contributed by atoms with Crippen LogP contribution in [0.2, 0.25) is 5.02 Å². The van der Waals surface area contributed by atoms with Gasteiger partial charge in [-0.25, -0.2) is 18.3 Å². The van der Waals surface area contributed by atoms with Crippen LogP contribution >= 0.6 is 11.6 Å². The Morgan fingerprint density at radius 3 is 2.60 bits per heavy atom. The molecule has 2 aliphatic rings. The van der Waals surface area contributed by atoms with Gasteiger partial charge in [-0.15, -0.1) is 0 Å². The number of hydrogen-bond donors (Lipinski definition) is 1. The Morgan fingerprint density at radius 1 is 1.26 bits per heavy atom. The molecule has 2 aliphatic heterocycles. The average molecular weight is 519 g/mol. The summed E-state index contributed by atoms with van der Waals surface area (Å²) < 4.78 is 31.2. The molecular weight excluding hydrogens is 487 g/mol. The van der Waals surface area contributed by atoms with Crippen molar-refractivity contribution in [1.82, 2.24) is 9.73 Å². The summed E-state index contributed by atoms with van der Waals surface area (Å²) in [5.41, 5.74) is 6.06. The fourth-order valence-corrected chi connectivity index (χ4v) is 6.87. The highest BCUT2D eigenvalue weighted by atomic mass is 35.5. The van der Waals surface area contributed by atoms with E-state index in [-0.39, 0.29) is 36.6 Å². The highest BCUT2D eigenvalue weighted by Crippen LogP contribution is 2.39. The molecule has 2 aromatic rings. The van der Waals surface area contributed by atoms with E-state index in [1.165, 1.54) is 6.07 Å². The molecule has 1 N–H and O–H groups in total. The van der Waals surface area contributed by atoms with Gasteiger partial charge in [0.25, 0.3) is 0 Å². The molecular formula is C26H32ClFN4O2S. The SMILES string of the molecule is C=S1(=O)c2ccc(Cl)cc2N(CC(C)(C)C)CN1C(Cc1c(F)ccc(C)c1C)C1=NNC(=O)C1. The molecule has 0 spiro atoms. The summed E-state index contributed by atoms with van der Waals surface area (Å²) >= 11 is 6.32. The lowest BCUT2D eigenvalue weighted by Gasteiger charge is -2.45. The number of carbonyl (C=O) groups is 1. The number of anilines is 1. The van der Waals surface area contributed by atoms with E-state index in [0.29, 0.717) is 27.7 Å². The summed E-state index contributed by atoms with van der Waals surface area (Å²) in [6.07, 6.45) is 0.280. The van der Waals surface area contributed by atoms with Crippen molar-refractivity contribution in [3.63, 3.8) is 0 Å². The molecule has 4 rings (SSSR count). The first-order valence-corrected chi connectivity index (χ1v) is 13.6. The Morgan fingerprint density at radius 2 is 1.97 bits per heavy atom. The summed E-state index contributed by atoms with van der Waals surface area (Å²) in [7, 11) is -3.01. The molecule has 2 atom stereocenters. The largest absolute Gasteiger partial charge is 0.356 e. The molecule has 35 heavy (non-hydrogen) atoms. The topological polar surface area (TPSA) is 65.0 Å². The first kappa shape index (κ1) is 25.7. The van der Waals surface area contributed by atoms with Crippen molar-refractivity contribution >= 4 is 44.5 Å². The number of rotatable bonds is 5. The normalized spacial score (nSPS) is 21.5. The van der Waals surface area contributed by atoms with E-state index in [1.807, 2.05) is 19.9 Å². The third kappa shape index (κ3) is 5.10. The predicted molar refractivity (Wildman–Crippen MR) is 142 cm³/mol. The standard InChI is InChI=1S/C26H32ClFN4O2S/c1-16-7-9-20(28)19(17(16)2)12-22(21-13-25(33)30-29-21)32-15-31(14-26(3,4)5)23-11-18(27)8-10-24(23)35(32,6)34/h7-11,22H,6,12-15H2,1-5H3,(H,30,33). The van der Waals surface area contributed by atoms with E-state index in [2.05, 4.69) is 42.1 Å². The highest BCUT2D eigenvalue weighted by Gasteiger charge is 2.40. The number of amides is 1. The molecule has 0 aliphatic carbocycles. The number of halogens is 2. The second-order valence-corrected chi connectivity index (χ2v) is 13.2. The van der Waals surface area contributed by atoms with Crippen molar-refractivity contribution in [2.24, 2.45) is 10.5 Å². The zero-order valence-corrected chi connectivity index (χ0v) is 22.4. The van der Waals surface area contributed by atoms with Crippen molar-refractivity contribution in [1.29, 1.82) is 0 Å². The number of hydrazone groups is 1. The van der Waals surface area contributed by atoms with Crippen LogP contribution in [-0.4, -0.2) is 45.3 Å². The van der Waals surface area contributed by atoms with Crippen LogP contribution in [0.1, 0.15) is 43.9 Å². The minimum atomic E-state index is -3.01. The molecule has 2 unspecified atom stereocenters. The molecule has 0 bridgehead atoms. The van der Waals surface area contributed by atoms with Crippen molar-refractivity contribution in [3.8, 4) is 0 Å². The van der Waals surface area contributed by atoms with Crippen LogP contribution in [0.5, 0.6) is 0 Å². The molecule has 0 aromatic heterocycles. The lowest BCUT2D eigenvalue weighted by atomic mass is 9.94. The van der Waals surface area contributed by atoms with Crippen LogP contribution in [-0.2, 0) is 20.9 Å². The van der Waals surface area contributed by atoms with Crippen LogP contribution in [0.15, 0.2) is 40.3 Å². The van der Waals surface area contributed by atoms with E-state index < -0.39 is 15.7 Å². The van der Waals surface area contributed by atoms with Gasteiger partial charge in [-0.1, -0.05) is 38.4 Å². The third-order valence-corrected chi connectivity index (χ3v) is 8.96. The summed E-state index contributed by atoms with van der Waals surface area (Å²) in [5.74, 6) is 3.59. The smallest absolute Gasteiger partial charge is 0.245 e. The Bertz CT molecular complexity index is 1320. The monoisotopic (exact) mass is 518 g/mol. The van der Waals surface area contributed by atoms with Gasteiger partial charge in [-0.2, -0.15) is 5.10 Å². The highest BCUT2D eigenvalue weighted by molar-refractivity contribution is 7.98. The zero-order chi connectivity index (χ0) is 25.7. The van der Waals surface area contributed by atoms with Crippen molar-refractivity contribution in [2.45, 2.75) is 58.4 Å². The number of aryl methyl sites for hydroxylation is 1. The second-order valence-electron chi connectivity index (χ2n) is 10.6. The molecule has 0 radical (unpaired) electrons. The van der Waals surface area contributed by atoms with Crippen LogP contribution in [0, 0.1) is 25.1 Å². The first-order chi connectivity index (χ1) is 16.3. The Hall–Kier alpha value is -2.42. The van der Waals surface area contributed by atoms with Gasteiger partial charge in [-0.3, -0.25) is 4.79 Å². The fraction of sp³-hybridized carbons (Fsp3) is 0.423. The summed E-state index contributed by atoms with van der Waals surface area (Å²) in [6, 6.07) is 7.89. The predicted octanol–water partition coefficient (Wildman–Crippen LogP) is 4.70. The van der Waals surface area contributed by atoms with Gasteiger partial charge < -0.3 is 4.90 Å². The quantitative estimate of drug-likeness (QED) is 0.583. The Kier molecular flexibility index (Phi) is 6.76. The number of benzene rings is 2. The van der Waals surface area contributed by atoms with E-state index in [0.717, 1.165) is 16.8 Å². The molecule has 0 saturated carbocycles. The minimum absolute atomic E-state index is 0.0654. The number of nitrogens with one attached hydrogen (secondary N) is 1. The fourth-order valence-electron chi connectivity index (χ4n) is 4.72. The zero-order valence-electron chi connectivity index (χ0n) is 20.8. The second kappa shape index (κ2) is 9.22. The summed E-state index contributed by atoms with van der Waals surface area (Å²) in [6.45, 7) is 11.1. The van der Waals surface area contributed by atoms with Crippen LogP contribution in [0.3, 0.4) is 0 Å². The summed E-state index contributed by atoms with van der Waals surface area (Å²) in [4.78, 5) is 14.8. The molecule has 9 heteroatoms. The number of nitrogens with zero attached hydrogens (tertiary/aromatic N) is 3. The maximum atomic E-state index is 15.0. The average Bonchev–Trinajstić information content (AvgIpc) is 3.18. The molecule has 188 valence electrons. The lowest BCUT2D eigenvalue weighted by Crippen LogP contribution is -2.55. The van der Waals surface area contributed by atoms with E-state index in [9.17, 15) is 9.00 Å². The van der Waals surface area contributed by atoms with E-state index in [1.54, 1.807) is 22.5 Å². The number of hydrogen-bond acceptors (Lipinski definition) is 4. The first-order valence-electron chi connectivity index (χ1n) is 11.6.